The molecule has 1 unspecified atom stereocenters. The molecular formula is C20H29N5O. The van der Waals surface area contributed by atoms with Crippen LogP contribution >= 0.6 is 0 Å². The fourth-order valence-corrected chi connectivity index (χ4v) is 3.70. The van der Waals surface area contributed by atoms with Crippen LogP contribution in [0, 0.1) is 5.92 Å². The Balaban J connectivity index is 1.59. The van der Waals surface area contributed by atoms with E-state index >= 15 is 0 Å². The number of hydrogen-bond donors (Lipinski definition) is 3. The first-order chi connectivity index (χ1) is 12.8. The molecule has 1 atom stereocenters. The summed E-state index contributed by atoms with van der Waals surface area (Å²) < 4.78 is 0. The van der Waals surface area contributed by atoms with Crippen molar-refractivity contribution in [2.75, 3.05) is 5.32 Å². The molecule has 2 aromatic rings. The number of aromatic amines is 1. The Labute approximate surface area is 155 Å². The minimum atomic E-state index is 0.0704. The molecule has 3 rings (SSSR count). The second kappa shape index (κ2) is 9.48. The first-order valence-corrected chi connectivity index (χ1v) is 9.73. The topological polar surface area (TPSA) is 82.7 Å². The molecular weight excluding hydrogens is 326 g/mol. The lowest BCUT2D eigenvalue weighted by atomic mass is 9.83. The Morgan fingerprint density at radius 2 is 2.00 bits per heavy atom. The van der Waals surface area contributed by atoms with E-state index in [0.717, 1.165) is 24.5 Å². The van der Waals surface area contributed by atoms with E-state index in [1.54, 1.807) is 6.33 Å². The highest BCUT2D eigenvalue weighted by Gasteiger charge is 2.26. The number of carbonyl (C=O) groups is 1. The molecule has 6 nitrogen and oxygen atoms in total. The summed E-state index contributed by atoms with van der Waals surface area (Å²) in [5.41, 5.74) is 2.05. The minimum absolute atomic E-state index is 0.0704. The fraction of sp³-hybridized carbons (Fsp3) is 0.550. The van der Waals surface area contributed by atoms with Crippen molar-refractivity contribution in [3.05, 3.63) is 42.0 Å². The number of aromatic nitrogens is 3. The largest absolute Gasteiger partial charge is 0.326 e. The molecule has 0 radical (unpaired) electrons. The summed E-state index contributed by atoms with van der Waals surface area (Å²) in [5.74, 6) is 1.60. The number of nitrogens with zero attached hydrogens (tertiary/aromatic N) is 2. The second-order valence-electron chi connectivity index (χ2n) is 7.12. The molecule has 1 aromatic carbocycles. The standard InChI is InChI=1S/C20H29N5O/c1-2-6-18(26)24-17-11-9-15(10-12-17)13-21-19(20-22-14-23-25-20)16-7-4-3-5-8-16/h9-12,14,16,19,21H,2-8,13H2,1H3,(H,24,26)(H,22,23,25). The highest BCUT2D eigenvalue weighted by Crippen LogP contribution is 2.33. The van der Waals surface area contributed by atoms with E-state index in [1.807, 2.05) is 19.1 Å². The predicted octanol–water partition coefficient (Wildman–Crippen LogP) is 3.95. The average Bonchev–Trinajstić information content (AvgIpc) is 3.19. The molecule has 1 heterocycles. The van der Waals surface area contributed by atoms with Gasteiger partial charge in [-0.1, -0.05) is 38.3 Å². The van der Waals surface area contributed by atoms with Crippen molar-refractivity contribution in [1.29, 1.82) is 0 Å². The van der Waals surface area contributed by atoms with Crippen molar-refractivity contribution >= 4 is 11.6 Å². The van der Waals surface area contributed by atoms with Gasteiger partial charge in [-0.15, -0.1) is 0 Å². The van der Waals surface area contributed by atoms with Crippen LogP contribution in [0.25, 0.3) is 0 Å². The van der Waals surface area contributed by atoms with Gasteiger partial charge < -0.3 is 10.6 Å². The first-order valence-electron chi connectivity index (χ1n) is 9.73. The maximum Gasteiger partial charge on any atom is 0.224 e. The zero-order valence-corrected chi connectivity index (χ0v) is 15.5. The molecule has 1 aromatic heterocycles. The van der Waals surface area contributed by atoms with Crippen molar-refractivity contribution in [2.24, 2.45) is 5.92 Å². The molecule has 0 bridgehead atoms. The molecule has 1 aliphatic rings. The summed E-state index contributed by atoms with van der Waals surface area (Å²) in [5, 5.41) is 13.7. The van der Waals surface area contributed by atoms with Gasteiger partial charge in [-0.25, -0.2) is 4.98 Å². The van der Waals surface area contributed by atoms with Crippen molar-refractivity contribution in [2.45, 2.75) is 64.5 Å². The summed E-state index contributed by atoms with van der Waals surface area (Å²) in [6.45, 7) is 2.77. The highest BCUT2D eigenvalue weighted by atomic mass is 16.1. The second-order valence-corrected chi connectivity index (χ2v) is 7.12. The highest BCUT2D eigenvalue weighted by molar-refractivity contribution is 5.90. The third kappa shape index (κ3) is 5.14. The van der Waals surface area contributed by atoms with Crippen LogP contribution in [0.1, 0.15) is 69.3 Å². The smallest absolute Gasteiger partial charge is 0.224 e. The number of nitrogens with one attached hydrogen (secondary N) is 3. The van der Waals surface area contributed by atoms with E-state index < -0.39 is 0 Å². The van der Waals surface area contributed by atoms with Crippen molar-refractivity contribution < 1.29 is 4.79 Å². The molecule has 0 spiro atoms. The number of anilines is 1. The number of benzene rings is 1. The number of rotatable bonds is 8. The van der Waals surface area contributed by atoms with Crippen LogP contribution < -0.4 is 10.6 Å². The monoisotopic (exact) mass is 355 g/mol. The first kappa shape index (κ1) is 18.6. The van der Waals surface area contributed by atoms with E-state index in [2.05, 4.69) is 37.9 Å². The van der Waals surface area contributed by atoms with Crippen molar-refractivity contribution in [3.63, 3.8) is 0 Å². The number of carbonyl (C=O) groups excluding carboxylic acids is 1. The van der Waals surface area contributed by atoms with E-state index in [4.69, 9.17) is 0 Å². The molecule has 6 heteroatoms. The molecule has 3 N–H and O–H groups in total. The third-order valence-electron chi connectivity index (χ3n) is 5.09. The summed E-state index contributed by atoms with van der Waals surface area (Å²) in [6, 6.07) is 8.27. The zero-order chi connectivity index (χ0) is 18.2. The molecule has 1 saturated carbocycles. The van der Waals surface area contributed by atoms with E-state index in [9.17, 15) is 4.79 Å². The SMILES string of the molecule is CCCC(=O)Nc1ccc(CNC(c2ncn[nH]2)C2CCCCC2)cc1. The van der Waals surface area contributed by atoms with Gasteiger partial charge in [-0.3, -0.25) is 9.89 Å². The number of hydrogen-bond acceptors (Lipinski definition) is 4. The molecule has 1 amide bonds. The van der Waals surface area contributed by atoms with Crippen LogP contribution in [0.4, 0.5) is 5.69 Å². The normalized spacial score (nSPS) is 16.3. The molecule has 140 valence electrons. The van der Waals surface area contributed by atoms with Crippen LogP contribution in [0.3, 0.4) is 0 Å². The van der Waals surface area contributed by atoms with Crippen LogP contribution in [-0.2, 0) is 11.3 Å². The lowest BCUT2D eigenvalue weighted by Crippen LogP contribution is -2.30. The van der Waals surface area contributed by atoms with Gasteiger partial charge >= 0.3 is 0 Å². The maximum absolute atomic E-state index is 11.7. The molecule has 26 heavy (non-hydrogen) atoms. The van der Waals surface area contributed by atoms with Gasteiger partial charge in [0, 0.05) is 18.7 Å². The zero-order valence-electron chi connectivity index (χ0n) is 15.5. The molecule has 0 saturated heterocycles. The van der Waals surface area contributed by atoms with E-state index in [-0.39, 0.29) is 11.9 Å². The Hall–Kier alpha value is -2.21. The van der Waals surface area contributed by atoms with Gasteiger partial charge in [0.15, 0.2) is 0 Å². The van der Waals surface area contributed by atoms with E-state index in [0.29, 0.717) is 12.3 Å². The third-order valence-corrected chi connectivity index (χ3v) is 5.09. The van der Waals surface area contributed by atoms with Crippen molar-refractivity contribution in [1.82, 2.24) is 20.5 Å². The van der Waals surface area contributed by atoms with Gasteiger partial charge in [-0.05, 0) is 42.9 Å². The van der Waals surface area contributed by atoms with Crippen LogP contribution in [0.15, 0.2) is 30.6 Å². The molecule has 0 aliphatic heterocycles. The number of H-pyrrole nitrogens is 1. The van der Waals surface area contributed by atoms with Crippen LogP contribution in [-0.4, -0.2) is 21.1 Å². The summed E-state index contributed by atoms with van der Waals surface area (Å²) in [7, 11) is 0. The summed E-state index contributed by atoms with van der Waals surface area (Å²) in [4.78, 5) is 16.1. The Bertz CT molecular complexity index is 662. The van der Waals surface area contributed by atoms with Gasteiger partial charge in [0.25, 0.3) is 0 Å². The summed E-state index contributed by atoms with van der Waals surface area (Å²) in [6.07, 6.45) is 9.40. The predicted molar refractivity (Wildman–Crippen MR) is 103 cm³/mol. The lowest BCUT2D eigenvalue weighted by Gasteiger charge is -2.29. The van der Waals surface area contributed by atoms with Gasteiger partial charge in [0.05, 0.1) is 6.04 Å². The lowest BCUT2D eigenvalue weighted by molar-refractivity contribution is -0.116. The molecule has 1 aliphatic carbocycles. The Morgan fingerprint density at radius 1 is 1.23 bits per heavy atom. The van der Waals surface area contributed by atoms with Crippen molar-refractivity contribution in [3.8, 4) is 0 Å². The van der Waals surface area contributed by atoms with Gasteiger partial charge in [0.2, 0.25) is 5.91 Å². The van der Waals surface area contributed by atoms with Crippen LogP contribution in [0.2, 0.25) is 0 Å². The van der Waals surface area contributed by atoms with Gasteiger partial charge in [-0.2, -0.15) is 5.10 Å². The Kier molecular flexibility index (Phi) is 6.77. The van der Waals surface area contributed by atoms with E-state index in [1.165, 1.54) is 37.7 Å². The molecule has 1 fully saturated rings. The quantitative estimate of drug-likeness (QED) is 0.669. The summed E-state index contributed by atoms with van der Waals surface area (Å²) >= 11 is 0. The average molecular weight is 355 g/mol. The number of amides is 1. The minimum Gasteiger partial charge on any atom is -0.326 e. The van der Waals surface area contributed by atoms with Gasteiger partial charge in [0.1, 0.15) is 12.2 Å². The van der Waals surface area contributed by atoms with Crippen LogP contribution in [0.5, 0.6) is 0 Å². The maximum atomic E-state index is 11.7. The Morgan fingerprint density at radius 3 is 2.65 bits per heavy atom. The fourth-order valence-electron chi connectivity index (χ4n) is 3.70.